The molecule has 0 spiro atoms. The predicted molar refractivity (Wildman–Crippen MR) is 72.8 cm³/mol. The fourth-order valence-corrected chi connectivity index (χ4v) is 2.58. The summed E-state index contributed by atoms with van der Waals surface area (Å²) in [7, 11) is -3.24. The van der Waals surface area contributed by atoms with E-state index in [2.05, 4.69) is 10.0 Å². The second-order valence-corrected chi connectivity index (χ2v) is 6.76. The minimum absolute atomic E-state index is 0.128. The van der Waals surface area contributed by atoms with Gasteiger partial charge in [0, 0.05) is 32.6 Å². The van der Waals surface area contributed by atoms with E-state index in [1.807, 2.05) is 0 Å². The molecule has 0 saturated carbocycles. The summed E-state index contributed by atoms with van der Waals surface area (Å²) in [6.45, 7) is 1.44. The van der Waals surface area contributed by atoms with Crippen molar-refractivity contribution in [2.24, 2.45) is 5.92 Å². The molecule has 116 valence electrons. The van der Waals surface area contributed by atoms with Gasteiger partial charge in [0.05, 0.1) is 6.26 Å². The van der Waals surface area contributed by atoms with Crippen LogP contribution in [0.25, 0.3) is 0 Å². The zero-order chi connectivity index (χ0) is 15.2. The van der Waals surface area contributed by atoms with Crippen molar-refractivity contribution >= 4 is 22.0 Å². The third-order valence-electron chi connectivity index (χ3n) is 3.13. The maximum absolute atomic E-state index is 11.8. The normalized spacial score (nSPS) is 16.9. The highest BCUT2D eigenvalue weighted by Crippen LogP contribution is 2.20. The number of amides is 2. The molecule has 1 heterocycles. The Bertz CT molecular complexity index is 443. The van der Waals surface area contributed by atoms with Crippen LogP contribution in [0.4, 0.5) is 4.79 Å². The van der Waals surface area contributed by atoms with Crippen LogP contribution >= 0.6 is 0 Å². The lowest BCUT2D eigenvalue weighted by Crippen LogP contribution is -2.46. The molecule has 0 bridgehead atoms. The molecular formula is C11H21N3O5S. The van der Waals surface area contributed by atoms with Crippen LogP contribution < -0.4 is 10.0 Å². The van der Waals surface area contributed by atoms with Crippen LogP contribution in [0.15, 0.2) is 0 Å². The van der Waals surface area contributed by atoms with Gasteiger partial charge in [-0.05, 0) is 18.8 Å². The molecule has 0 unspecified atom stereocenters. The number of nitrogens with zero attached hydrogens (tertiary/aromatic N) is 1. The number of carbonyl (C=O) groups is 2. The topological polar surface area (TPSA) is 116 Å². The molecular weight excluding hydrogens is 286 g/mol. The summed E-state index contributed by atoms with van der Waals surface area (Å²) in [5, 5.41) is 11.3. The molecule has 1 fully saturated rings. The fourth-order valence-electron chi connectivity index (χ4n) is 2.10. The number of carbonyl (C=O) groups excluding carboxylic acids is 1. The van der Waals surface area contributed by atoms with Crippen molar-refractivity contribution in [3.63, 3.8) is 0 Å². The van der Waals surface area contributed by atoms with Crippen LogP contribution in [-0.2, 0) is 14.8 Å². The van der Waals surface area contributed by atoms with Crippen molar-refractivity contribution in [1.82, 2.24) is 14.9 Å². The van der Waals surface area contributed by atoms with E-state index in [9.17, 15) is 18.0 Å². The highest BCUT2D eigenvalue weighted by atomic mass is 32.2. The number of sulfonamides is 1. The van der Waals surface area contributed by atoms with Crippen molar-refractivity contribution in [3.8, 4) is 0 Å². The van der Waals surface area contributed by atoms with E-state index in [0.717, 1.165) is 6.26 Å². The van der Waals surface area contributed by atoms with E-state index in [1.165, 1.54) is 0 Å². The number of piperidine rings is 1. The van der Waals surface area contributed by atoms with Gasteiger partial charge in [0.15, 0.2) is 0 Å². The number of aliphatic carboxylic acids is 1. The minimum atomic E-state index is -3.24. The first-order chi connectivity index (χ1) is 9.28. The Morgan fingerprint density at radius 2 is 1.85 bits per heavy atom. The van der Waals surface area contributed by atoms with Crippen LogP contribution in [0.3, 0.4) is 0 Å². The number of urea groups is 1. The predicted octanol–water partition coefficient (Wildman–Crippen LogP) is -0.568. The summed E-state index contributed by atoms with van der Waals surface area (Å²) >= 11 is 0. The molecule has 1 saturated heterocycles. The first kappa shape index (κ1) is 16.7. The molecule has 1 rings (SSSR count). The molecule has 0 aromatic carbocycles. The largest absolute Gasteiger partial charge is 0.481 e. The molecule has 1 aliphatic rings. The third kappa shape index (κ3) is 6.71. The fraction of sp³-hybridized carbons (Fsp3) is 0.818. The Morgan fingerprint density at radius 1 is 1.25 bits per heavy atom. The number of rotatable bonds is 6. The highest BCUT2D eigenvalue weighted by Gasteiger charge is 2.23. The lowest BCUT2D eigenvalue weighted by atomic mass is 9.94. The summed E-state index contributed by atoms with van der Waals surface area (Å²) in [4.78, 5) is 24.0. The van der Waals surface area contributed by atoms with Gasteiger partial charge in [-0.15, -0.1) is 0 Å². The second-order valence-electron chi connectivity index (χ2n) is 4.93. The van der Waals surface area contributed by atoms with Gasteiger partial charge < -0.3 is 15.3 Å². The molecule has 2 amide bonds. The molecule has 3 N–H and O–H groups in total. The van der Waals surface area contributed by atoms with Gasteiger partial charge in [-0.1, -0.05) is 0 Å². The van der Waals surface area contributed by atoms with Crippen molar-refractivity contribution in [2.45, 2.75) is 19.3 Å². The lowest BCUT2D eigenvalue weighted by Gasteiger charge is -2.31. The SMILES string of the molecule is CS(=O)(=O)NCCNC(=O)N1CCC(CC(=O)O)CC1. The van der Waals surface area contributed by atoms with E-state index in [0.29, 0.717) is 25.9 Å². The minimum Gasteiger partial charge on any atom is -0.481 e. The lowest BCUT2D eigenvalue weighted by molar-refractivity contribution is -0.138. The Balaban J connectivity index is 2.21. The maximum Gasteiger partial charge on any atom is 0.317 e. The average Bonchev–Trinajstić information content (AvgIpc) is 2.33. The Morgan fingerprint density at radius 3 is 2.35 bits per heavy atom. The maximum atomic E-state index is 11.8. The summed E-state index contributed by atoms with van der Waals surface area (Å²) in [6, 6.07) is -0.242. The molecule has 1 aliphatic heterocycles. The van der Waals surface area contributed by atoms with Gasteiger partial charge in [-0.2, -0.15) is 0 Å². The van der Waals surface area contributed by atoms with Crippen LogP contribution in [0.2, 0.25) is 0 Å². The molecule has 8 nitrogen and oxygen atoms in total. The molecule has 0 aromatic rings. The average molecular weight is 307 g/mol. The van der Waals surface area contributed by atoms with Crippen LogP contribution in [0, 0.1) is 5.92 Å². The van der Waals surface area contributed by atoms with Gasteiger partial charge in [0.1, 0.15) is 0 Å². The van der Waals surface area contributed by atoms with Crippen LogP contribution in [0.5, 0.6) is 0 Å². The first-order valence-electron chi connectivity index (χ1n) is 6.47. The smallest absolute Gasteiger partial charge is 0.317 e. The summed E-state index contributed by atoms with van der Waals surface area (Å²) < 4.78 is 23.9. The zero-order valence-electron chi connectivity index (χ0n) is 11.5. The van der Waals surface area contributed by atoms with Gasteiger partial charge in [-0.3, -0.25) is 4.79 Å². The number of carboxylic acid groups (broad SMARTS) is 1. The second kappa shape index (κ2) is 7.44. The first-order valence-corrected chi connectivity index (χ1v) is 8.36. The molecule has 20 heavy (non-hydrogen) atoms. The number of carboxylic acids is 1. The highest BCUT2D eigenvalue weighted by molar-refractivity contribution is 7.88. The van der Waals surface area contributed by atoms with Gasteiger partial charge in [0.25, 0.3) is 0 Å². The molecule has 0 aliphatic carbocycles. The summed E-state index contributed by atoms with van der Waals surface area (Å²) in [6.07, 6.45) is 2.57. The van der Waals surface area contributed by atoms with E-state index >= 15 is 0 Å². The summed E-state index contributed by atoms with van der Waals surface area (Å²) in [5.41, 5.74) is 0. The van der Waals surface area contributed by atoms with Gasteiger partial charge in [0.2, 0.25) is 10.0 Å². The Labute approximate surface area is 118 Å². The number of likely N-dealkylation sites (tertiary alicyclic amines) is 1. The van der Waals surface area contributed by atoms with E-state index < -0.39 is 16.0 Å². The van der Waals surface area contributed by atoms with Gasteiger partial charge >= 0.3 is 12.0 Å². The third-order valence-corrected chi connectivity index (χ3v) is 3.86. The van der Waals surface area contributed by atoms with Crippen molar-refractivity contribution in [3.05, 3.63) is 0 Å². The van der Waals surface area contributed by atoms with Crippen molar-refractivity contribution in [1.29, 1.82) is 0 Å². The summed E-state index contributed by atoms with van der Waals surface area (Å²) in [5.74, 6) is -0.678. The quantitative estimate of drug-likeness (QED) is 0.568. The molecule has 9 heteroatoms. The molecule has 0 radical (unpaired) electrons. The Kier molecular flexibility index (Phi) is 6.21. The number of hydrogen-bond acceptors (Lipinski definition) is 4. The molecule has 0 atom stereocenters. The van der Waals surface area contributed by atoms with Gasteiger partial charge in [-0.25, -0.2) is 17.9 Å². The van der Waals surface area contributed by atoms with E-state index in [1.54, 1.807) is 4.90 Å². The van der Waals surface area contributed by atoms with Crippen LogP contribution in [0.1, 0.15) is 19.3 Å². The van der Waals surface area contributed by atoms with E-state index in [4.69, 9.17) is 5.11 Å². The Hall–Kier alpha value is -1.35. The van der Waals surface area contributed by atoms with Crippen molar-refractivity contribution in [2.75, 3.05) is 32.4 Å². The van der Waals surface area contributed by atoms with Crippen molar-refractivity contribution < 1.29 is 23.1 Å². The molecule has 0 aromatic heterocycles. The monoisotopic (exact) mass is 307 g/mol. The van der Waals surface area contributed by atoms with Crippen LogP contribution in [-0.4, -0.2) is 62.9 Å². The zero-order valence-corrected chi connectivity index (χ0v) is 12.3. The number of hydrogen-bond donors (Lipinski definition) is 3. The standard InChI is InChI=1S/C11H21N3O5S/c1-20(18,19)13-5-4-12-11(17)14-6-2-9(3-7-14)8-10(15)16/h9,13H,2-8H2,1H3,(H,12,17)(H,15,16). The number of nitrogens with one attached hydrogen (secondary N) is 2. The van der Waals surface area contributed by atoms with E-state index in [-0.39, 0.29) is 31.5 Å².